The highest BCUT2D eigenvalue weighted by molar-refractivity contribution is 6.59. The van der Waals surface area contributed by atoms with E-state index in [9.17, 15) is 4.79 Å². The molecular formula is C18H27B3N4O2. The molecule has 0 aromatic carbocycles. The van der Waals surface area contributed by atoms with Crippen molar-refractivity contribution in [2.75, 3.05) is 32.8 Å². The first kappa shape index (κ1) is 20.4. The van der Waals surface area contributed by atoms with Crippen LogP contribution >= 0.6 is 0 Å². The second kappa shape index (κ2) is 8.33. The number of nitrogens with two attached hydrogens (primary N) is 1. The maximum absolute atomic E-state index is 12.1. The second-order valence-electron chi connectivity index (χ2n) is 8.35. The summed E-state index contributed by atoms with van der Waals surface area (Å²) in [4.78, 5) is 21.0. The summed E-state index contributed by atoms with van der Waals surface area (Å²) in [6, 6.07) is 1.03. The van der Waals surface area contributed by atoms with E-state index in [1.807, 2.05) is 0 Å². The van der Waals surface area contributed by atoms with Gasteiger partial charge in [0, 0.05) is 38.4 Å². The fourth-order valence-corrected chi connectivity index (χ4v) is 4.52. The maximum Gasteiger partial charge on any atom is 0.409 e. The number of carbonyl (C=O) groups is 1. The normalized spacial score (nSPS) is 30.4. The first-order chi connectivity index (χ1) is 12.8. The molecule has 3 rings (SSSR count). The molecule has 2 saturated heterocycles. The number of aliphatic imine (C=N–C) groups is 1. The Hall–Kier alpha value is -1.37. The number of hydrogen-bond donors (Lipinski definition) is 1. The number of nitrogens with zero attached hydrogens (tertiary/aromatic N) is 3. The molecule has 0 atom stereocenters. The van der Waals surface area contributed by atoms with Gasteiger partial charge in [-0.2, -0.15) is 0 Å². The molecular weight excluding hydrogens is 337 g/mol. The molecule has 2 N–H and O–H groups in total. The van der Waals surface area contributed by atoms with Crippen LogP contribution < -0.4 is 5.73 Å². The molecule has 0 unspecified atom stereocenters. The quantitative estimate of drug-likeness (QED) is 0.572. The van der Waals surface area contributed by atoms with Crippen molar-refractivity contribution in [3.05, 3.63) is 12.3 Å². The van der Waals surface area contributed by atoms with Gasteiger partial charge in [0.15, 0.2) is 0 Å². The van der Waals surface area contributed by atoms with Crippen LogP contribution in [-0.4, -0.2) is 90.5 Å². The molecule has 9 heteroatoms. The molecule has 27 heavy (non-hydrogen) atoms. The van der Waals surface area contributed by atoms with Crippen molar-refractivity contribution in [3.63, 3.8) is 0 Å². The minimum atomic E-state index is -1.48. The number of rotatable bonds is 5. The third kappa shape index (κ3) is 5.34. The molecule has 0 aromatic rings. The number of amides is 1. The molecule has 1 saturated carbocycles. The lowest BCUT2D eigenvalue weighted by Crippen LogP contribution is -2.54. The van der Waals surface area contributed by atoms with E-state index in [0.29, 0.717) is 12.1 Å². The molecule has 6 nitrogen and oxygen atoms in total. The van der Waals surface area contributed by atoms with Crippen LogP contribution in [0.25, 0.3) is 0 Å². The Kier molecular flexibility index (Phi) is 6.29. The number of piperidine rings is 1. The molecule has 6 radical (unpaired) electrons. The minimum absolute atomic E-state index is 0.184. The zero-order valence-corrected chi connectivity index (χ0v) is 15.9. The van der Waals surface area contributed by atoms with E-state index in [1.54, 1.807) is 17.2 Å². The van der Waals surface area contributed by atoms with Gasteiger partial charge >= 0.3 is 6.09 Å². The highest BCUT2D eigenvalue weighted by atomic mass is 16.6. The van der Waals surface area contributed by atoms with Gasteiger partial charge in [0.25, 0.3) is 0 Å². The summed E-state index contributed by atoms with van der Waals surface area (Å²) in [5, 5.41) is -1.48. The summed E-state index contributed by atoms with van der Waals surface area (Å²) in [5.74, 6) is 0. The summed E-state index contributed by atoms with van der Waals surface area (Å²) in [6.45, 7) is 3.47. The molecule has 3 fully saturated rings. The summed E-state index contributed by atoms with van der Waals surface area (Å²) >= 11 is 0. The van der Waals surface area contributed by atoms with Crippen LogP contribution in [0.15, 0.2) is 17.3 Å². The van der Waals surface area contributed by atoms with Crippen LogP contribution in [0.2, 0.25) is 5.11 Å². The van der Waals surface area contributed by atoms with Crippen LogP contribution in [0, 0.1) is 5.41 Å². The van der Waals surface area contributed by atoms with Crippen LogP contribution in [0.4, 0.5) is 4.79 Å². The van der Waals surface area contributed by atoms with Crippen LogP contribution in [0.1, 0.15) is 32.1 Å². The Bertz CT molecular complexity index is 580. The van der Waals surface area contributed by atoms with Gasteiger partial charge in [-0.15, -0.1) is 0 Å². The molecule has 2 aliphatic heterocycles. The minimum Gasteiger partial charge on any atom is -0.451 e. The fraction of sp³-hybridized carbons (Fsp3) is 0.778. The molecule has 3 aliphatic rings. The van der Waals surface area contributed by atoms with Gasteiger partial charge < -0.3 is 20.3 Å². The van der Waals surface area contributed by atoms with Gasteiger partial charge in [-0.1, -0.05) is 5.11 Å². The number of allylic oxidation sites excluding steroid dienone is 1. The number of carbonyl (C=O) groups excluding carboxylic acids is 1. The lowest BCUT2D eigenvalue weighted by Gasteiger charge is -2.51. The van der Waals surface area contributed by atoms with Crippen LogP contribution in [0.3, 0.4) is 0 Å². The Morgan fingerprint density at radius 3 is 2.59 bits per heavy atom. The van der Waals surface area contributed by atoms with Crippen molar-refractivity contribution < 1.29 is 9.53 Å². The van der Waals surface area contributed by atoms with Gasteiger partial charge in [0.05, 0.1) is 36.2 Å². The number of hydrogen-bond acceptors (Lipinski definition) is 5. The first-order valence-corrected chi connectivity index (χ1v) is 9.73. The molecule has 0 aromatic heterocycles. The molecule has 1 aliphatic carbocycles. The van der Waals surface area contributed by atoms with E-state index in [-0.39, 0.29) is 18.1 Å². The van der Waals surface area contributed by atoms with Crippen LogP contribution in [-0.2, 0) is 4.74 Å². The van der Waals surface area contributed by atoms with Crippen molar-refractivity contribution in [3.8, 4) is 0 Å². The fourth-order valence-electron chi connectivity index (χ4n) is 4.52. The van der Waals surface area contributed by atoms with Gasteiger partial charge in [0.2, 0.25) is 0 Å². The molecule has 0 bridgehead atoms. The Morgan fingerprint density at radius 2 is 1.96 bits per heavy atom. The number of ether oxygens (including phenoxy) is 1. The van der Waals surface area contributed by atoms with E-state index >= 15 is 0 Å². The second-order valence-corrected chi connectivity index (χ2v) is 8.35. The van der Waals surface area contributed by atoms with Crippen molar-refractivity contribution in [1.82, 2.24) is 9.80 Å². The highest BCUT2D eigenvalue weighted by Crippen LogP contribution is 2.50. The summed E-state index contributed by atoms with van der Waals surface area (Å²) in [7, 11) is 16.4. The van der Waals surface area contributed by atoms with Gasteiger partial charge in [0.1, 0.15) is 0 Å². The zero-order valence-electron chi connectivity index (χ0n) is 15.9. The third-order valence-electron chi connectivity index (χ3n) is 5.99. The van der Waals surface area contributed by atoms with Crippen molar-refractivity contribution >= 4 is 35.8 Å². The Balaban J connectivity index is 1.39. The molecule has 140 valence electrons. The predicted octanol–water partition coefficient (Wildman–Crippen LogP) is 0.564. The summed E-state index contributed by atoms with van der Waals surface area (Å²) in [6.07, 6.45) is 10.2. The number of likely N-dealkylation sites (tertiary alicyclic amines) is 2. The molecule has 2 heterocycles. The topological polar surface area (TPSA) is 71.2 Å². The van der Waals surface area contributed by atoms with E-state index in [1.165, 1.54) is 6.20 Å². The maximum atomic E-state index is 12.1. The zero-order chi connectivity index (χ0) is 19.5. The third-order valence-corrected chi connectivity index (χ3v) is 5.99. The van der Waals surface area contributed by atoms with Crippen molar-refractivity contribution in [1.29, 1.82) is 0 Å². The monoisotopic (exact) mass is 364 g/mol. The smallest absolute Gasteiger partial charge is 0.409 e. The van der Waals surface area contributed by atoms with E-state index in [4.69, 9.17) is 34.0 Å². The van der Waals surface area contributed by atoms with Gasteiger partial charge in [-0.3, -0.25) is 4.99 Å². The Morgan fingerprint density at radius 1 is 1.26 bits per heavy atom. The van der Waals surface area contributed by atoms with Crippen LogP contribution in [0.5, 0.6) is 0 Å². The summed E-state index contributed by atoms with van der Waals surface area (Å²) < 4.78 is 5.12. The lowest BCUT2D eigenvalue weighted by atomic mass is 9.43. The van der Waals surface area contributed by atoms with Crippen molar-refractivity contribution in [2.24, 2.45) is 16.1 Å². The first-order valence-electron chi connectivity index (χ1n) is 9.73. The van der Waals surface area contributed by atoms with Gasteiger partial charge in [-0.05, 0) is 49.8 Å². The van der Waals surface area contributed by atoms with Crippen molar-refractivity contribution in [2.45, 2.75) is 49.3 Å². The predicted molar refractivity (Wildman–Crippen MR) is 109 cm³/mol. The molecule has 1 spiro atoms. The Labute approximate surface area is 166 Å². The summed E-state index contributed by atoms with van der Waals surface area (Å²) in [5.41, 5.74) is 5.57. The SMILES string of the molecule is [B]C([B])([B])COC(=O)N1CCC2(CC(N3CCC(N=CC=CN)CC3)C2)C1. The molecule has 1 amide bonds. The standard InChI is InChI=1S/C18H27B3N4O2/c19-18(20,21)13-27-16(26)25-9-4-17(12-25)10-15(11-17)24-7-2-14(3-8-24)23-6-1-5-22/h1,5-6,14-15H,2-4,7-13,22H2. The van der Waals surface area contributed by atoms with E-state index in [0.717, 1.165) is 58.3 Å². The average molecular weight is 364 g/mol. The highest BCUT2D eigenvalue weighted by Gasteiger charge is 2.51. The average Bonchev–Trinajstić information content (AvgIpc) is 3.04. The van der Waals surface area contributed by atoms with E-state index < -0.39 is 5.11 Å². The lowest BCUT2D eigenvalue weighted by molar-refractivity contribution is -0.00428. The largest absolute Gasteiger partial charge is 0.451 e. The van der Waals surface area contributed by atoms with Gasteiger partial charge in [-0.25, -0.2) is 4.79 Å². The van der Waals surface area contributed by atoms with E-state index in [2.05, 4.69) is 9.89 Å².